The first-order valence-corrected chi connectivity index (χ1v) is 9.06. The summed E-state index contributed by atoms with van der Waals surface area (Å²) in [6, 6.07) is 21.7. The number of rotatable bonds is 6. The number of amides is 1. The maximum Gasteiger partial charge on any atom is 0.272 e. The Balaban J connectivity index is 1.87. The minimum absolute atomic E-state index is 0.0884. The van der Waals surface area contributed by atoms with Crippen LogP contribution in [0.25, 0.3) is 0 Å². The molecule has 0 aliphatic heterocycles. The van der Waals surface area contributed by atoms with E-state index in [2.05, 4.69) is 9.97 Å². The lowest BCUT2D eigenvalue weighted by atomic mass is 10.2. The monoisotopic (exact) mass is 360 g/mol. The number of aryl methyl sites for hydroxylation is 1. The second kappa shape index (κ2) is 8.45. The van der Waals surface area contributed by atoms with Gasteiger partial charge in [0.05, 0.1) is 0 Å². The van der Waals surface area contributed by atoms with Crippen LogP contribution >= 0.6 is 0 Å². The first-order chi connectivity index (χ1) is 13.1. The Morgan fingerprint density at radius 2 is 1.59 bits per heavy atom. The van der Waals surface area contributed by atoms with E-state index < -0.39 is 0 Å². The fourth-order valence-electron chi connectivity index (χ4n) is 2.91. The summed E-state index contributed by atoms with van der Waals surface area (Å²) in [7, 11) is 1.94. The molecule has 5 nitrogen and oxygen atoms in total. The third-order valence-corrected chi connectivity index (χ3v) is 4.42. The molecule has 0 spiro atoms. The minimum Gasteiger partial charge on any atom is -0.333 e. The van der Waals surface area contributed by atoms with Gasteiger partial charge in [-0.3, -0.25) is 4.79 Å². The average Bonchev–Trinajstić information content (AvgIpc) is 2.72. The van der Waals surface area contributed by atoms with Crippen molar-refractivity contribution < 1.29 is 4.79 Å². The predicted octanol–water partition coefficient (Wildman–Crippen LogP) is 4.22. The number of nitrogens with zero attached hydrogens (tertiary/aromatic N) is 4. The summed E-state index contributed by atoms with van der Waals surface area (Å²) >= 11 is 0. The molecule has 5 heteroatoms. The summed E-state index contributed by atoms with van der Waals surface area (Å²) < 4.78 is 0. The Bertz CT molecular complexity index is 897. The molecule has 0 unspecified atom stereocenters. The molecule has 0 atom stereocenters. The summed E-state index contributed by atoms with van der Waals surface area (Å²) in [6.45, 7) is 4.96. The van der Waals surface area contributed by atoms with Crippen molar-refractivity contribution in [1.29, 1.82) is 0 Å². The van der Waals surface area contributed by atoms with Crippen LogP contribution in [0.2, 0.25) is 0 Å². The smallest absolute Gasteiger partial charge is 0.272 e. The van der Waals surface area contributed by atoms with Gasteiger partial charge >= 0.3 is 0 Å². The molecule has 0 N–H and O–H groups in total. The van der Waals surface area contributed by atoms with Crippen molar-refractivity contribution >= 4 is 17.4 Å². The van der Waals surface area contributed by atoms with Crippen LogP contribution in [-0.4, -0.2) is 34.4 Å². The molecule has 2 aromatic carbocycles. The normalized spacial score (nSPS) is 10.5. The van der Waals surface area contributed by atoms with Crippen LogP contribution in [-0.2, 0) is 6.54 Å². The van der Waals surface area contributed by atoms with Crippen LogP contribution < -0.4 is 4.90 Å². The molecule has 1 aromatic heterocycles. The second-order valence-corrected chi connectivity index (χ2v) is 6.36. The van der Waals surface area contributed by atoms with Gasteiger partial charge in [-0.15, -0.1) is 0 Å². The molecule has 1 amide bonds. The number of carbonyl (C=O) groups is 1. The molecule has 1 heterocycles. The van der Waals surface area contributed by atoms with Crippen LogP contribution in [0.4, 0.5) is 11.5 Å². The van der Waals surface area contributed by atoms with E-state index in [0.29, 0.717) is 30.4 Å². The van der Waals surface area contributed by atoms with Crippen LogP contribution in [0.5, 0.6) is 0 Å². The van der Waals surface area contributed by atoms with Gasteiger partial charge in [-0.25, -0.2) is 9.97 Å². The molecule has 0 saturated heterocycles. The Kier molecular flexibility index (Phi) is 5.81. The molecule has 0 saturated carbocycles. The van der Waals surface area contributed by atoms with E-state index in [1.807, 2.05) is 86.5 Å². The summed E-state index contributed by atoms with van der Waals surface area (Å²) in [4.78, 5) is 25.7. The molecule has 3 aromatic rings. The fourth-order valence-corrected chi connectivity index (χ4v) is 2.91. The highest BCUT2D eigenvalue weighted by atomic mass is 16.2. The SMILES string of the molecule is CCN(Cc1ccccc1)C(=O)c1cc(N(C)c2ccccc2)nc(C)n1. The Hall–Kier alpha value is -3.21. The van der Waals surface area contributed by atoms with E-state index in [9.17, 15) is 4.79 Å². The second-order valence-electron chi connectivity index (χ2n) is 6.36. The van der Waals surface area contributed by atoms with Crippen LogP contribution in [0, 0.1) is 6.92 Å². The molecule has 0 aliphatic carbocycles. The Labute approximate surface area is 160 Å². The van der Waals surface area contributed by atoms with Crippen molar-refractivity contribution in [1.82, 2.24) is 14.9 Å². The first kappa shape index (κ1) is 18.6. The quantitative estimate of drug-likeness (QED) is 0.660. The lowest BCUT2D eigenvalue weighted by Gasteiger charge is -2.22. The van der Waals surface area contributed by atoms with Crippen molar-refractivity contribution in [2.24, 2.45) is 0 Å². The highest BCUT2D eigenvalue weighted by Crippen LogP contribution is 2.22. The number of para-hydroxylation sites is 1. The lowest BCUT2D eigenvalue weighted by molar-refractivity contribution is 0.0746. The maximum atomic E-state index is 13.1. The van der Waals surface area contributed by atoms with Crippen molar-refractivity contribution in [3.63, 3.8) is 0 Å². The largest absolute Gasteiger partial charge is 0.333 e. The van der Waals surface area contributed by atoms with Gasteiger partial charge in [0.25, 0.3) is 5.91 Å². The number of aromatic nitrogens is 2. The van der Waals surface area contributed by atoms with Crippen molar-refractivity contribution in [2.45, 2.75) is 20.4 Å². The zero-order chi connectivity index (χ0) is 19.2. The number of benzene rings is 2. The minimum atomic E-state index is -0.0884. The topological polar surface area (TPSA) is 49.3 Å². The van der Waals surface area contributed by atoms with Gasteiger partial charge in [0.2, 0.25) is 0 Å². The Morgan fingerprint density at radius 1 is 0.963 bits per heavy atom. The summed E-state index contributed by atoms with van der Waals surface area (Å²) in [6.07, 6.45) is 0. The zero-order valence-corrected chi connectivity index (χ0v) is 16.0. The Morgan fingerprint density at radius 3 is 2.22 bits per heavy atom. The van der Waals surface area contributed by atoms with E-state index in [0.717, 1.165) is 11.3 Å². The summed E-state index contributed by atoms with van der Waals surface area (Å²) in [5.41, 5.74) is 2.52. The first-order valence-electron chi connectivity index (χ1n) is 9.06. The van der Waals surface area contributed by atoms with Crippen LogP contribution in [0.15, 0.2) is 66.7 Å². The van der Waals surface area contributed by atoms with Crippen molar-refractivity contribution in [3.05, 3.63) is 83.8 Å². The number of anilines is 2. The molecule has 3 rings (SSSR count). The molecular formula is C22H24N4O. The van der Waals surface area contributed by atoms with E-state index in [4.69, 9.17) is 0 Å². The van der Waals surface area contributed by atoms with Crippen molar-refractivity contribution in [2.75, 3.05) is 18.5 Å². The van der Waals surface area contributed by atoms with E-state index in [-0.39, 0.29) is 5.91 Å². The molecule has 0 bridgehead atoms. The molecule has 27 heavy (non-hydrogen) atoms. The fraction of sp³-hybridized carbons (Fsp3) is 0.227. The van der Waals surface area contributed by atoms with Crippen LogP contribution in [0.3, 0.4) is 0 Å². The zero-order valence-electron chi connectivity index (χ0n) is 16.0. The van der Waals surface area contributed by atoms with E-state index in [1.54, 1.807) is 11.0 Å². The predicted molar refractivity (Wildman–Crippen MR) is 108 cm³/mol. The standard InChI is InChI=1S/C22H24N4O/c1-4-26(16-18-11-7-5-8-12-18)22(27)20-15-21(24-17(2)23-20)25(3)19-13-9-6-10-14-19/h5-15H,4,16H2,1-3H3. The number of hydrogen-bond donors (Lipinski definition) is 0. The summed E-state index contributed by atoms with van der Waals surface area (Å²) in [5.74, 6) is 1.19. The van der Waals surface area contributed by atoms with Crippen LogP contribution in [0.1, 0.15) is 28.8 Å². The molecule has 0 fully saturated rings. The van der Waals surface area contributed by atoms with E-state index in [1.165, 1.54) is 0 Å². The van der Waals surface area contributed by atoms with Gasteiger partial charge in [0.1, 0.15) is 17.3 Å². The maximum absolute atomic E-state index is 13.1. The van der Waals surface area contributed by atoms with Gasteiger partial charge in [-0.1, -0.05) is 48.5 Å². The summed E-state index contributed by atoms with van der Waals surface area (Å²) in [5, 5.41) is 0. The third-order valence-electron chi connectivity index (χ3n) is 4.42. The van der Waals surface area contributed by atoms with E-state index >= 15 is 0 Å². The van der Waals surface area contributed by atoms with Gasteiger partial charge in [0, 0.05) is 31.9 Å². The average molecular weight is 360 g/mol. The van der Waals surface area contributed by atoms with Crippen molar-refractivity contribution in [3.8, 4) is 0 Å². The number of carbonyl (C=O) groups excluding carboxylic acids is 1. The lowest BCUT2D eigenvalue weighted by Crippen LogP contribution is -2.31. The molecule has 138 valence electrons. The molecule has 0 radical (unpaired) electrons. The molecular weight excluding hydrogens is 336 g/mol. The molecule has 0 aliphatic rings. The van der Waals surface area contributed by atoms with Gasteiger partial charge < -0.3 is 9.80 Å². The van der Waals surface area contributed by atoms with Gasteiger partial charge in [-0.05, 0) is 31.5 Å². The highest BCUT2D eigenvalue weighted by molar-refractivity contribution is 5.93. The third kappa shape index (κ3) is 4.50. The van der Waals surface area contributed by atoms with Gasteiger partial charge in [0.15, 0.2) is 0 Å². The number of hydrogen-bond acceptors (Lipinski definition) is 4. The van der Waals surface area contributed by atoms with Gasteiger partial charge in [-0.2, -0.15) is 0 Å². The highest BCUT2D eigenvalue weighted by Gasteiger charge is 2.19.